The van der Waals surface area contributed by atoms with E-state index in [1.54, 1.807) is 7.11 Å². The molecule has 1 aromatic rings. The number of ether oxygens (including phenoxy) is 1. The molecule has 1 N–H and O–H groups in total. The summed E-state index contributed by atoms with van der Waals surface area (Å²) in [4.78, 5) is 2.32. The Morgan fingerprint density at radius 2 is 2.24 bits per heavy atom. The van der Waals surface area contributed by atoms with Crippen molar-refractivity contribution in [2.24, 2.45) is 0 Å². The number of anilines is 1. The van der Waals surface area contributed by atoms with Crippen molar-refractivity contribution in [1.82, 2.24) is 5.32 Å². The zero-order valence-electron chi connectivity index (χ0n) is 13.2. The van der Waals surface area contributed by atoms with Crippen LogP contribution in [0.2, 0.25) is 5.02 Å². The van der Waals surface area contributed by atoms with Gasteiger partial charge in [-0.1, -0.05) is 30.7 Å². The highest BCUT2D eigenvalue weighted by Gasteiger charge is 2.15. The molecule has 1 heterocycles. The molecule has 0 aliphatic carbocycles. The van der Waals surface area contributed by atoms with Gasteiger partial charge < -0.3 is 15.0 Å². The third-order valence-electron chi connectivity index (χ3n) is 3.96. The molecule has 1 aliphatic rings. The van der Waals surface area contributed by atoms with Crippen LogP contribution in [0.15, 0.2) is 29.8 Å². The molecule has 0 fully saturated rings. The van der Waals surface area contributed by atoms with E-state index in [0.717, 1.165) is 43.4 Å². The normalized spacial score (nSPS) is 16.8. The highest BCUT2D eigenvalue weighted by atomic mass is 35.5. The van der Waals surface area contributed by atoms with Crippen LogP contribution in [0, 0.1) is 0 Å². The maximum absolute atomic E-state index is 6.49. The number of nitrogens with zero attached hydrogens (tertiary/aromatic N) is 1. The second kappa shape index (κ2) is 7.83. The van der Waals surface area contributed by atoms with Crippen LogP contribution in [-0.4, -0.2) is 33.4 Å². The summed E-state index contributed by atoms with van der Waals surface area (Å²) in [5, 5.41) is 4.25. The molecule has 116 valence electrons. The standard InChI is InChI=1S/C17H25ClN2O/c1-4-19-13(2)15-5-6-17(16(18)11-15)20-9-7-14(8-10-20)12-21-3/h5-7,11,13,19H,4,8-10,12H2,1-3H3. The van der Waals surface area contributed by atoms with Crippen molar-refractivity contribution < 1.29 is 4.74 Å². The number of rotatable bonds is 6. The largest absolute Gasteiger partial charge is 0.380 e. The Labute approximate surface area is 132 Å². The number of benzene rings is 1. The number of methoxy groups -OCH3 is 1. The molecule has 0 bridgehead atoms. The van der Waals surface area contributed by atoms with Gasteiger partial charge in [0.05, 0.1) is 17.3 Å². The van der Waals surface area contributed by atoms with Gasteiger partial charge >= 0.3 is 0 Å². The summed E-state index contributed by atoms with van der Waals surface area (Å²) >= 11 is 6.49. The van der Waals surface area contributed by atoms with Gasteiger partial charge in [-0.15, -0.1) is 0 Å². The van der Waals surface area contributed by atoms with Gasteiger partial charge in [-0.2, -0.15) is 0 Å². The molecule has 0 aromatic heterocycles. The van der Waals surface area contributed by atoms with E-state index < -0.39 is 0 Å². The Bertz CT molecular complexity index is 502. The first-order valence-electron chi connectivity index (χ1n) is 7.60. The molecule has 21 heavy (non-hydrogen) atoms. The predicted octanol–water partition coefficient (Wildman–Crippen LogP) is 3.79. The first-order valence-corrected chi connectivity index (χ1v) is 7.98. The minimum atomic E-state index is 0.330. The van der Waals surface area contributed by atoms with Gasteiger partial charge in [-0.25, -0.2) is 0 Å². The third-order valence-corrected chi connectivity index (χ3v) is 4.26. The van der Waals surface area contributed by atoms with Crippen molar-refractivity contribution >= 4 is 17.3 Å². The molecule has 2 rings (SSSR count). The number of hydrogen-bond acceptors (Lipinski definition) is 3. The molecule has 3 nitrogen and oxygen atoms in total. The minimum Gasteiger partial charge on any atom is -0.380 e. The van der Waals surface area contributed by atoms with Gasteiger partial charge in [0, 0.05) is 26.2 Å². The molecule has 0 saturated heterocycles. The average molecular weight is 309 g/mol. The molecule has 0 saturated carbocycles. The fourth-order valence-corrected chi connectivity index (χ4v) is 3.03. The van der Waals surface area contributed by atoms with E-state index in [9.17, 15) is 0 Å². The predicted molar refractivity (Wildman–Crippen MR) is 90.3 cm³/mol. The van der Waals surface area contributed by atoms with Crippen LogP contribution in [0.3, 0.4) is 0 Å². The molecular formula is C17H25ClN2O. The summed E-state index contributed by atoms with van der Waals surface area (Å²) in [6.45, 7) is 7.87. The Balaban J connectivity index is 2.08. The maximum Gasteiger partial charge on any atom is 0.0674 e. The lowest BCUT2D eigenvalue weighted by atomic mass is 10.1. The zero-order valence-corrected chi connectivity index (χ0v) is 13.9. The second-order valence-corrected chi connectivity index (χ2v) is 5.89. The van der Waals surface area contributed by atoms with E-state index in [0.29, 0.717) is 6.04 Å². The van der Waals surface area contributed by atoms with Crippen LogP contribution in [0.4, 0.5) is 5.69 Å². The third kappa shape index (κ3) is 4.22. The summed E-state index contributed by atoms with van der Waals surface area (Å²) in [5.41, 5.74) is 3.73. The highest BCUT2D eigenvalue weighted by Crippen LogP contribution is 2.30. The molecular weight excluding hydrogens is 284 g/mol. The lowest BCUT2D eigenvalue weighted by Crippen LogP contribution is -2.29. The SMILES string of the molecule is CCNC(C)c1ccc(N2CC=C(COC)CC2)c(Cl)c1. The number of nitrogens with one attached hydrogen (secondary N) is 1. The van der Waals surface area contributed by atoms with Crippen molar-refractivity contribution in [3.05, 3.63) is 40.4 Å². The van der Waals surface area contributed by atoms with Gasteiger partial charge in [0.2, 0.25) is 0 Å². The van der Waals surface area contributed by atoms with Crippen molar-refractivity contribution in [1.29, 1.82) is 0 Å². The second-order valence-electron chi connectivity index (χ2n) is 5.48. The summed E-state index contributed by atoms with van der Waals surface area (Å²) in [5.74, 6) is 0. The molecule has 0 amide bonds. The van der Waals surface area contributed by atoms with E-state index in [2.05, 4.69) is 48.3 Å². The first kappa shape index (κ1) is 16.3. The lowest BCUT2D eigenvalue weighted by Gasteiger charge is -2.29. The van der Waals surface area contributed by atoms with Crippen molar-refractivity contribution in [3.8, 4) is 0 Å². The molecule has 1 aliphatic heterocycles. The zero-order chi connectivity index (χ0) is 15.2. The molecule has 1 atom stereocenters. The van der Waals surface area contributed by atoms with Gasteiger partial charge in [0.15, 0.2) is 0 Å². The Hall–Kier alpha value is -1.03. The van der Waals surface area contributed by atoms with Crippen molar-refractivity contribution in [2.45, 2.75) is 26.3 Å². The monoisotopic (exact) mass is 308 g/mol. The van der Waals surface area contributed by atoms with Gasteiger partial charge in [0.1, 0.15) is 0 Å². The number of halogens is 1. The van der Waals surface area contributed by atoms with Crippen molar-refractivity contribution in [2.75, 3.05) is 38.3 Å². The van der Waals surface area contributed by atoms with Gasteiger partial charge in [-0.05, 0) is 43.2 Å². The summed E-state index contributed by atoms with van der Waals surface area (Å²) in [6.07, 6.45) is 3.29. The smallest absolute Gasteiger partial charge is 0.0674 e. The van der Waals surface area contributed by atoms with Gasteiger partial charge in [0.25, 0.3) is 0 Å². The summed E-state index contributed by atoms with van der Waals surface area (Å²) in [7, 11) is 1.74. The molecule has 1 aromatic carbocycles. The summed E-state index contributed by atoms with van der Waals surface area (Å²) < 4.78 is 5.19. The Kier molecular flexibility index (Phi) is 6.09. The van der Waals surface area contributed by atoms with Crippen LogP contribution >= 0.6 is 11.6 Å². The molecule has 1 unspecified atom stereocenters. The Morgan fingerprint density at radius 3 is 2.81 bits per heavy atom. The quantitative estimate of drug-likeness (QED) is 0.809. The number of hydrogen-bond donors (Lipinski definition) is 1. The van der Waals surface area contributed by atoms with Crippen LogP contribution in [0.1, 0.15) is 31.9 Å². The lowest BCUT2D eigenvalue weighted by molar-refractivity contribution is 0.222. The molecule has 0 spiro atoms. The topological polar surface area (TPSA) is 24.5 Å². The van der Waals surface area contributed by atoms with Crippen LogP contribution < -0.4 is 10.2 Å². The van der Waals surface area contributed by atoms with E-state index in [-0.39, 0.29) is 0 Å². The van der Waals surface area contributed by atoms with Crippen LogP contribution in [-0.2, 0) is 4.74 Å². The fourth-order valence-electron chi connectivity index (χ4n) is 2.72. The van der Waals surface area contributed by atoms with E-state index in [4.69, 9.17) is 16.3 Å². The minimum absolute atomic E-state index is 0.330. The highest BCUT2D eigenvalue weighted by molar-refractivity contribution is 6.33. The summed E-state index contributed by atoms with van der Waals surface area (Å²) in [6, 6.07) is 6.72. The van der Waals surface area contributed by atoms with Crippen LogP contribution in [0.25, 0.3) is 0 Å². The maximum atomic E-state index is 6.49. The van der Waals surface area contributed by atoms with E-state index in [1.807, 2.05) is 0 Å². The average Bonchev–Trinajstić information content (AvgIpc) is 2.49. The van der Waals surface area contributed by atoms with E-state index >= 15 is 0 Å². The van der Waals surface area contributed by atoms with Gasteiger partial charge in [-0.3, -0.25) is 0 Å². The molecule has 4 heteroatoms. The fraction of sp³-hybridized carbons (Fsp3) is 0.529. The Morgan fingerprint density at radius 1 is 1.43 bits per heavy atom. The van der Waals surface area contributed by atoms with Crippen LogP contribution in [0.5, 0.6) is 0 Å². The van der Waals surface area contributed by atoms with Crippen molar-refractivity contribution in [3.63, 3.8) is 0 Å². The first-order chi connectivity index (χ1) is 10.2. The van der Waals surface area contributed by atoms with E-state index in [1.165, 1.54) is 11.1 Å². The molecule has 0 radical (unpaired) electrons.